The van der Waals surface area contributed by atoms with Crippen molar-refractivity contribution in [1.82, 2.24) is 0 Å². The van der Waals surface area contributed by atoms with E-state index in [1.165, 1.54) is 0 Å². The second-order valence-corrected chi connectivity index (χ2v) is 8.30. The number of carbonyl (C=O) groups excluding carboxylic acids is 1. The van der Waals surface area contributed by atoms with E-state index in [9.17, 15) is 13.2 Å². The van der Waals surface area contributed by atoms with Crippen molar-refractivity contribution in [3.8, 4) is 6.07 Å². The molecule has 0 unspecified atom stereocenters. The van der Waals surface area contributed by atoms with Crippen LogP contribution < -0.4 is 0 Å². The van der Waals surface area contributed by atoms with Gasteiger partial charge in [0.1, 0.15) is 10.5 Å². The molecule has 24 heavy (non-hydrogen) atoms. The Hall–Kier alpha value is -2.45. The molecular weight excluding hydrogens is 322 g/mol. The van der Waals surface area contributed by atoms with Crippen LogP contribution in [0.4, 0.5) is 0 Å². The lowest BCUT2D eigenvalue weighted by Gasteiger charge is -2.36. The van der Waals surface area contributed by atoms with Crippen LogP contribution in [-0.4, -0.2) is 14.2 Å². The Bertz CT molecular complexity index is 884. The van der Waals surface area contributed by atoms with Crippen molar-refractivity contribution in [1.29, 1.82) is 5.26 Å². The van der Waals surface area contributed by atoms with Crippen molar-refractivity contribution in [3.05, 3.63) is 65.7 Å². The molecule has 4 nitrogen and oxygen atoms in total. The van der Waals surface area contributed by atoms with Crippen LogP contribution in [0.1, 0.15) is 36.8 Å². The molecule has 1 fully saturated rings. The lowest BCUT2D eigenvalue weighted by atomic mass is 9.82. The van der Waals surface area contributed by atoms with Crippen molar-refractivity contribution in [2.24, 2.45) is 0 Å². The fourth-order valence-corrected chi connectivity index (χ4v) is 5.47. The van der Waals surface area contributed by atoms with E-state index in [2.05, 4.69) is 0 Å². The molecule has 2 aromatic rings. The van der Waals surface area contributed by atoms with E-state index in [1.807, 2.05) is 6.07 Å². The summed E-state index contributed by atoms with van der Waals surface area (Å²) in [7, 11) is -3.65. The molecule has 0 spiro atoms. The number of rotatable bonds is 3. The fourth-order valence-electron chi connectivity index (χ4n) is 3.32. The van der Waals surface area contributed by atoms with Crippen molar-refractivity contribution < 1.29 is 13.2 Å². The van der Waals surface area contributed by atoms with Crippen LogP contribution in [0.2, 0.25) is 0 Å². The number of benzene rings is 2. The number of ketones is 1. The average Bonchev–Trinajstić information content (AvgIpc) is 2.63. The van der Waals surface area contributed by atoms with Gasteiger partial charge in [0.05, 0.1) is 16.5 Å². The Morgan fingerprint density at radius 3 is 2.04 bits per heavy atom. The zero-order valence-electron chi connectivity index (χ0n) is 13.1. The van der Waals surface area contributed by atoms with Crippen LogP contribution in [0.5, 0.6) is 0 Å². The summed E-state index contributed by atoms with van der Waals surface area (Å²) >= 11 is 0. The molecular formula is C19H17NO3S. The summed E-state index contributed by atoms with van der Waals surface area (Å²) in [6, 6.07) is 17.1. The Kier molecular flexibility index (Phi) is 4.25. The molecule has 0 bridgehead atoms. The summed E-state index contributed by atoms with van der Waals surface area (Å²) < 4.78 is 25.7. The zero-order valence-corrected chi connectivity index (χ0v) is 13.9. The van der Waals surface area contributed by atoms with Crippen LogP contribution >= 0.6 is 0 Å². The van der Waals surface area contributed by atoms with Crippen LogP contribution in [0.25, 0.3) is 0 Å². The smallest absolute Gasteiger partial charge is 0.188 e. The van der Waals surface area contributed by atoms with Gasteiger partial charge in [-0.05, 0) is 42.7 Å². The third-order valence-electron chi connectivity index (χ3n) is 4.72. The molecule has 122 valence electrons. The molecule has 2 aromatic carbocycles. The quantitative estimate of drug-likeness (QED) is 0.859. The zero-order chi connectivity index (χ0) is 17.2. The summed E-state index contributed by atoms with van der Waals surface area (Å²) in [5.41, 5.74) is 1.13. The largest absolute Gasteiger partial charge is 0.300 e. The van der Waals surface area contributed by atoms with E-state index >= 15 is 0 Å². The Balaban J connectivity index is 2.16. The minimum absolute atomic E-state index is 0.0996. The molecule has 0 heterocycles. The van der Waals surface area contributed by atoms with E-state index in [0.29, 0.717) is 11.1 Å². The van der Waals surface area contributed by atoms with E-state index in [1.54, 1.807) is 54.6 Å². The van der Waals surface area contributed by atoms with Gasteiger partial charge in [0.25, 0.3) is 0 Å². The normalized spacial score (nSPS) is 17.2. The van der Waals surface area contributed by atoms with Gasteiger partial charge in [-0.15, -0.1) is 0 Å². The highest BCUT2D eigenvalue weighted by Crippen LogP contribution is 2.46. The minimum Gasteiger partial charge on any atom is -0.300 e. The third kappa shape index (κ3) is 2.63. The minimum atomic E-state index is -3.65. The molecule has 0 N–H and O–H groups in total. The van der Waals surface area contributed by atoms with Crippen LogP contribution in [0, 0.1) is 11.3 Å². The van der Waals surface area contributed by atoms with Crippen molar-refractivity contribution in [2.75, 3.05) is 0 Å². The summed E-state index contributed by atoms with van der Waals surface area (Å²) in [5, 5.41) is 8.96. The highest BCUT2D eigenvalue weighted by molar-refractivity contribution is 7.92. The van der Waals surface area contributed by atoms with Gasteiger partial charge < -0.3 is 0 Å². The second-order valence-electron chi connectivity index (χ2n) is 6.04. The number of Topliss-reactive ketones (excluding diaryl/α,β-unsaturated/α-hetero) is 1. The lowest BCUT2D eigenvalue weighted by molar-refractivity contribution is -0.120. The summed E-state index contributed by atoms with van der Waals surface area (Å²) in [5.74, 6) is 0.0996. The first-order valence-corrected chi connectivity index (χ1v) is 9.30. The molecule has 0 aromatic heterocycles. The Morgan fingerprint density at radius 2 is 1.50 bits per heavy atom. The standard InChI is InChI=1S/C19H17NO3S/c20-14-15-6-8-16(9-7-15)19(12-10-17(21)11-13-19)24(22,23)18-4-2-1-3-5-18/h1-9H,10-13H2. The number of hydrogen-bond donors (Lipinski definition) is 0. The van der Waals surface area contributed by atoms with Gasteiger partial charge in [0, 0.05) is 12.8 Å². The van der Waals surface area contributed by atoms with Gasteiger partial charge >= 0.3 is 0 Å². The Morgan fingerprint density at radius 1 is 0.917 bits per heavy atom. The van der Waals surface area contributed by atoms with Crippen LogP contribution in [0.3, 0.4) is 0 Å². The van der Waals surface area contributed by atoms with Crippen LogP contribution in [0.15, 0.2) is 59.5 Å². The van der Waals surface area contributed by atoms with Gasteiger partial charge in [0.15, 0.2) is 9.84 Å². The second kappa shape index (κ2) is 6.21. The fraction of sp³-hybridized carbons (Fsp3) is 0.263. The predicted octanol–water partition coefficient (Wildman–Crippen LogP) is 3.37. The molecule has 0 radical (unpaired) electrons. The molecule has 0 saturated heterocycles. The SMILES string of the molecule is N#Cc1ccc(C2(S(=O)(=O)c3ccccc3)CCC(=O)CC2)cc1. The maximum absolute atomic E-state index is 13.4. The predicted molar refractivity (Wildman–Crippen MR) is 89.9 cm³/mol. The molecule has 1 aliphatic carbocycles. The van der Waals surface area contributed by atoms with Gasteiger partial charge in [-0.2, -0.15) is 5.26 Å². The molecule has 1 saturated carbocycles. The maximum atomic E-state index is 13.4. The maximum Gasteiger partial charge on any atom is 0.188 e. The average molecular weight is 339 g/mol. The molecule has 3 rings (SSSR count). The van der Waals surface area contributed by atoms with Crippen molar-refractivity contribution in [2.45, 2.75) is 35.3 Å². The van der Waals surface area contributed by atoms with E-state index < -0.39 is 14.6 Å². The topological polar surface area (TPSA) is 75.0 Å². The van der Waals surface area contributed by atoms with Gasteiger partial charge in [-0.3, -0.25) is 4.79 Å². The molecule has 1 aliphatic rings. The van der Waals surface area contributed by atoms with Crippen molar-refractivity contribution in [3.63, 3.8) is 0 Å². The highest BCUT2D eigenvalue weighted by atomic mass is 32.2. The number of hydrogen-bond acceptors (Lipinski definition) is 4. The number of nitrogens with zero attached hydrogens (tertiary/aromatic N) is 1. The van der Waals surface area contributed by atoms with E-state index in [-0.39, 0.29) is 36.4 Å². The molecule has 0 atom stereocenters. The first-order valence-electron chi connectivity index (χ1n) is 7.82. The van der Waals surface area contributed by atoms with E-state index in [0.717, 1.165) is 0 Å². The Labute approximate surface area is 141 Å². The van der Waals surface area contributed by atoms with Gasteiger partial charge in [-0.1, -0.05) is 30.3 Å². The van der Waals surface area contributed by atoms with Crippen molar-refractivity contribution >= 4 is 15.6 Å². The summed E-state index contributed by atoms with van der Waals surface area (Å²) in [4.78, 5) is 12.0. The summed E-state index contributed by atoms with van der Waals surface area (Å²) in [6.07, 6.45) is 1.06. The van der Waals surface area contributed by atoms with Crippen LogP contribution in [-0.2, 0) is 19.4 Å². The molecule has 0 aliphatic heterocycles. The van der Waals surface area contributed by atoms with Gasteiger partial charge in [-0.25, -0.2) is 8.42 Å². The molecule has 5 heteroatoms. The summed E-state index contributed by atoms with van der Waals surface area (Å²) in [6.45, 7) is 0. The number of sulfone groups is 1. The number of carbonyl (C=O) groups is 1. The number of nitriles is 1. The first-order chi connectivity index (χ1) is 11.5. The lowest BCUT2D eigenvalue weighted by Crippen LogP contribution is -2.40. The first kappa shape index (κ1) is 16.4. The van der Waals surface area contributed by atoms with Gasteiger partial charge in [0.2, 0.25) is 0 Å². The highest BCUT2D eigenvalue weighted by Gasteiger charge is 2.48. The third-order valence-corrected chi connectivity index (χ3v) is 7.29. The van der Waals surface area contributed by atoms with E-state index in [4.69, 9.17) is 5.26 Å². The molecule has 0 amide bonds. The monoisotopic (exact) mass is 339 g/mol.